The van der Waals surface area contributed by atoms with Crippen molar-refractivity contribution in [1.29, 1.82) is 0 Å². The Morgan fingerprint density at radius 2 is 1.96 bits per heavy atom. The molecule has 0 spiro atoms. The number of nitrogens with zero attached hydrogens (tertiary/aromatic N) is 2. The minimum atomic E-state index is -0.183. The van der Waals surface area contributed by atoms with Crippen LogP contribution in [0.15, 0.2) is 29.3 Å². The van der Waals surface area contributed by atoms with Crippen LogP contribution in [0.25, 0.3) is 0 Å². The highest BCUT2D eigenvalue weighted by atomic mass is 16.3. The number of hydrogen-bond donors (Lipinski definition) is 4. The van der Waals surface area contributed by atoms with Crippen LogP contribution in [0.4, 0.5) is 5.69 Å². The summed E-state index contributed by atoms with van der Waals surface area (Å²) in [7, 11) is 0. The van der Waals surface area contributed by atoms with Gasteiger partial charge < -0.3 is 21.1 Å². The lowest BCUT2D eigenvalue weighted by atomic mass is 10.2. The van der Waals surface area contributed by atoms with Crippen molar-refractivity contribution in [2.45, 2.75) is 51.1 Å². The van der Waals surface area contributed by atoms with Crippen molar-refractivity contribution in [3.63, 3.8) is 0 Å². The molecule has 1 aromatic rings. The van der Waals surface area contributed by atoms with E-state index in [1.54, 1.807) is 24.3 Å². The molecule has 3 rings (SSSR count). The van der Waals surface area contributed by atoms with Gasteiger partial charge in [-0.2, -0.15) is 0 Å². The van der Waals surface area contributed by atoms with Crippen molar-refractivity contribution in [1.82, 2.24) is 15.5 Å². The van der Waals surface area contributed by atoms with E-state index in [0.717, 1.165) is 32.1 Å². The third kappa shape index (κ3) is 5.85. The van der Waals surface area contributed by atoms with Crippen LogP contribution in [0.1, 0.15) is 39.0 Å². The molecule has 2 aliphatic rings. The van der Waals surface area contributed by atoms with Crippen LogP contribution >= 0.6 is 0 Å². The second kappa shape index (κ2) is 9.60. The summed E-state index contributed by atoms with van der Waals surface area (Å²) in [6.45, 7) is 5.02. The highest BCUT2D eigenvalue weighted by molar-refractivity contribution is 5.94. The lowest BCUT2D eigenvalue weighted by molar-refractivity contribution is -0.114. The van der Waals surface area contributed by atoms with Crippen LogP contribution in [0.2, 0.25) is 0 Å². The molecule has 1 saturated heterocycles. The Balaban J connectivity index is 1.48. The topological polar surface area (TPSA) is 89.0 Å². The average Bonchev–Trinajstić information content (AvgIpc) is 3.33. The number of aliphatic imine (C=N–C) groups is 1. The Labute approximate surface area is 161 Å². The average molecular weight is 374 g/mol. The lowest BCUT2D eigenvalue weighted by Crippen LogP contribution is -2.45. The maximum Gasteiger partial charge on any atom is 0.246 e. The number of guanidine groups is 1. The summed E-state index contributed by atoms with van der Waals surface area (Å²) in [4.78, 5) is 19.2. The molecule has 0 aromatic heterocycles. The number of nitrogens with one attached hydrogen (secondary N) is 3. The fourth-order valence-corrected chi connectivity index (χ4v) is 3.92. The maximum atomic E-state index is 12.1. The molecule has 7 heteroatoms. The van der Waals surface area contributed by atoms with E-state index in [4.69, 9.17) is 0 Å². The van der Waals surface area contributed by atoms with Crippen LogP contribution < -0.4 is 16.0 Å². The molecular weight excluding hydrogens is 342 g/mol. The Morgan fingerprint density at radius 3 is 2.67 bits per heavy atom. The van der Waals surface area contributed by atoms with E-state index in [1.165, 1.54) is 25.7 Å². The fraction of sp³-hybridized carbons (Fsp3) is 0.600. The number of benzene rings is 1. The van der Waals surface area contributed by atoms with Crippen LogP contribution in [-0.4, -0.2) is 60.1 Å². The van der Waals surface area contributed by atoms with Crippen molar-refractivity contribution in [3.8, 4) is 5.75 Å². The van der Waals surface area contributed by atoms with Crippen molar-refractivity contribution in [3.05, 3.63) is 24.3 Å². The number of hydrogen-bond acceptors (Lipinski definition) is 4. The largest absolute Gasteiger partial charge is 0.508 e. The second-order valence-corrected chi connectivity index (χ2v) is 7.35. The van der Waals surface area contributed by atoms with Gasteiger partial charge in [-0.25, -0.2) is 4.99 Å². The number of amides is 1. The highest BCUT2D eigenvalue weighted by Gasteiger charge is 2.30. The van der Waals surface area contributed by atoms with Gasteiger partial charge >= 0.3 is 0 Å². The van der Waals surface area contributed by atoms with Gasteiger partial charge in [0.05, 0.1) is 0 Å². The Hall–Kier alpha value is -2.28. The van der Waals surface area contributed by atoms with Gasteiger partial charge in [0.1, 0.15) is 12.3 Å². The minimum Gasteiger partial charge on any atom is -0.508 e. The molecule has 1 aromatic carbocycles. The predicted octanol–water partition coefficient (Wildman–Crippen LogP) is 1.90. The molecule has 1 amide bonds. The molecule has 1 saturated carbocycles. The van der Waals surface area contributed by atoms with Gasteiger partial charge in [0, 0.05) is 37.4 Å². The fourth-order valence-electron chi connectivity index (χ4n) is 3.92. The van der Waals surface area contributed by atoms with Gasteiger partial charge in [0.25, 0.3) is 0 Å². The number of phenolic OH excluding ortho intramolecular Hbond substituents is 1. The van der Waals surface area contributed by atoms with Gasteiger partial charge in [-0.05, 0) is 50.5 Å². The molecule has 148 valence electrons. The summed E-state index contributed by atoms with van der Waals surface area (Å²) in [6, 6.07) is 7.55. The zero-order valence-electron chi connectivity index (χ0n) is 16.1. The van der Waals surface area contributed by atoms with Crippen molar-refractivity contribution >= 4 is 17.6 Å². The number of phenols is 1. The first-order chi connectivity index (χ1) is 13.1. The van der Waals surface area contributed by atoms with Crippen LogP contribution in [0.5, 0.6) is 5.75 Å². The minimum absolute atomic E-state index is 0.0509. The van der Waals surface area contributed by atoms with Crippen molar-refractivity contribution < 1.29 is 9.90 Å². The predicted molar refractivity (Wildman–Crippen MR) is 108 cm³/mol. The third-order valence-corrected chi connectivity index (χ3v) is 5.28. The molecule has 1 aliphatic carbocycles. The number of aromatic hydroxyl groups is 1. The van der Waals surface area contributed by atoms with E-state index < -0.39 is 0 Å². The zero-order valence-corrected chi connectivity index (χ0v) is 16.1. The van der Waals surface area contributed by atoms with Crippen LogP contribution in [0, 0.1) is 0 Å². The molecule has 0 bridgehead atoms. The van der Waals surface area contributed by atoms with Crippen LogP contribution in [0.3, 0.4) is 0 Å². The monoisotopic (exact) mass is 373 g/mol. The van der Waals surface area contributed by atoms with Gasteiger partial charge in [0.2, 0.25) is 5.91 Å². The van der Waals surface area contributed by atoms with Crippen molar-refractivity contribution in [2.24, 2.45) is 4.99 Å². The summed E-state index contributed by atoms with van der Waals surface area (Å²) >= 11 is 0. The van der Waals surface area contributed by atoms with E-state index >= 15 is 0 Å². The summed E-state index contributed by atoms with van der Waals surface area (Å²) < 4.78 is 0. The van der Waals surface area contributed by atoms with Crippen LogP contribution in [-0.2, 0) is 4.79 Å². The Kier molecular flexibility index (Phi) is 6.92. The first kappa shape index (κ1) is 19.5. The second-order valence-electron chi connectivity index (χ2n) is 7.35. The summed E-state index contributed by atoms with van der Waals surface area (Å²) in [6.07, 6.45) is 6.50. The van der Waals surface area contributed by atoms with E-state index in [0.29, 0.717) is 17.7 Å². The van der Waals surface area contributed by atoms with E-state index in [-0.39, 0.29) is 18.2 Å². The van der Waals surface area contributed by atoms with E-state index in [9.17, 15) is 9.90 Å². The SMILES string of the molecule is CCNC(=NCC(=O)Nc1ccc(O)cc1)NC1CCN(C2CCCC2)C1. The smallest absolute Gasteiger partial charge is 0.246 e. The molecule has 27 heavy (non-hydrogen) atoms. The summed E-state index contributed by atoms with van der Waals surface area (Å²) in [5, 5.41) is 18.8. The standard InChI is InChI=1S/C20H31N5O2/c1-2-21-20(22-13-19(27)23-15-7-9-18(26)10-8-15)24-16-11-12-25(14-16)17-5-3-4-6-17/h7-10,16-17,26H,2-6,11-14H2,1H3,(H,23,27)(H2,21,22,24). The van der Waals surface area contributed by atoms with E-state index in [1.807, 2.05) is 6.92 Å². The molecule has 2 fully saturated rings. The number of carbonyl (C=O) groups is 1. The van der Waals surface area contributed by atoms with Gasteiger partial charge in [0.15, 0.2) is 5.96 Å². The summed E-state index contributed by atoms with van der Waals surface area (Å²) in [5.41, 5.74) is 0.647. The number of likely N-dealkylation sites (tertiary alicyclic amines) is 1. The molecule has 0 radical (unpaired) electrons. The lowest BCUT2D eigenvalue weighted by Gasteiger charge is -2.24. The quantitative estimate of drug-likeness (QED) is 0.347. The van der Waals surface area contributed by atoms with Crippen molar-refractivity contribution in [2.75, 3.05) is 31.5 Å². The van der Waals surface area contributed by atoms with E-state index in [2.05, 4.69) is 25.8 Å². The Morgan fingerprint density at radius 1 is 1.22 bits per heavy atom. The molecular formula is C20H31N5O2. The highest BCUT2D eigenvalue weighted by Crippen LogP contribution is 2.26. The normalized spacial score (nSPS) is 21.4. The molecule has 4 N–H and O–H groups in total. The first-order valence-electron chi connectivity index (χ1n) is 10.0. The number of rotatable bonds is 6. The summed E-state index contributed by atoms with van der Waals surface area (Å²) in [5.74, 6) is 0.682. The molecule has 1 aliphatic heterocycles. The third-order valence-electron chi connectivity index (χ3n) is 5.28. The number of anilines is 1. The molecule has 1 unspecified atom stereocenters. The number of carbonyl (C=O) groups excluding carboxylic acids is 1. The van der Waals surface area contributed by atoms with Gasteiger partial charge in [-0.1, -0.05) is 12.8 Å². The molecule has 1 heterocycles. The maximum absolute atomic E-state index is 12.1. The Bertz CT molecular complexity index is 640. The zero-order chi connectivity index (χ0) is 19.1. The van der Waals surface area contributed by atoms with Gasteiger partial charge in [-0.15, -0.1) is 0 Å². The molecule has 1 atom stereocenters. The van der Waals surface area contributed by atoms with Gasteiger partial charge in [-0.3, -0.25) is 9.69 Å². The molecule has 7 nitrogen and oxygen atoms in total. The first-order valence-corrected chi connectivity index (χ1v) is 10.0.